The van der Waals surface area contributed by atoms with Gasteiger partial charge in [0.15, 0.2) is 6.10 Å². The van der Waals surface area contributed by atoms with E-state index in [2.05, 4.69) is 117 Å². The van der Waals surface area contributed by atoms with E-state index in [9.17, 15) is 19.0 Å². The molecule has 9 nitrogen and oxygen atoms in total. The molecule has 0 amide bonds. The predicted molar refractivity (Wildman–Crippen MR) is 249 cm³/mol. The molecule has 0 aliphatic heterocycles. The lowest BCUT2D eigenvalue weighted by atomic mass is 10.1. The van der Waals surface area contributed by atoms with Gasteiger partial charge in [0.1, 0.15) is 19.8 Å². The number of phosphoric ester groups is 1. The molecule has 1 unspecified atom stereocenters. The summed E-state index contributed by atoms with van der Waals surface area (Å²) in [4.78, 5) is 37.6. The number of hydrogen-bond donors (Lipinski definition) is 0. The third-order valence-electron chi connectivity index (χ3n) is 8.78. The fourth-order valence-corrected chi connectivity index (χ4v) is 5.99. The number of phosphoric acid groups is 1. The van der Waals surface area contributed by atoms with Crippen molar-refractivity contribution in [2.24, 2.45) is 0 Å². The van der Waals surface area contributed by atoms with Crippen LogP contribution in [-0.2, 0) is 32.7 Å². The molecule has 0 aromatic heterocycles. The van der Waals surface area contributed by atoms with Crippen LogP contribution in [0.3, 0.4) is 0 Å². The molecule has 10 heteroatoms. The molecular formula is C50H82NO8P. The first kappa shape index (κ1) is 56.7. The highest BCUT2D eigenvalue weighted by atomic mass is 31.2. The van der Waals surface area contributed by atoms with E-state index in [1.54, 1.807) is 0 Å². The second-order valence-corrected chi connectivity index (χ2v) is 17.1. The summed E-state index contributed by atoms with van der Waals surface area (Å²) < 4.78 is 33.8. The van der Waals surface area contributed by atoms with Crippen molar-refractivity contribution in [2.45, 2.75) is 148 Å². The number of carbonyl (C=O) groups is 2. The van der Waals surface area contributed by atoms with Crippen LogP contribution in [0.25, 0.3) is 0 Å². The van der Waals surface area contributed by atoms with E-state index < -0.39 is 32.5 Å². The molecule has 0 rings (SSSR count). The van der Waals surface area contributed by atoms with E-state index >= 15 is 0 Å². The highest BCUT2D eigenvalue weighted by molar-refractivity contribution is 7.45. The van der Waals surface area contributed by atoms with E-state index in [4.69, 9.17) is 18.5 Å². The van der Waals surface area contributed by atoms with Crippen molar-refractivity contribution < 1.29 is 42.1 Å². The summed E-state index contributed by atoms with van der Waals surface area (Å²) in [6.45, 7) is 3.95. The van der Waals surface area contributed by atoms with Crippen LogP contribution in [0.1, 0.15) is 142 Å². The largest absolute Gasteiger partial charge is 0.756 e. The molecule has 60 heavy (non-hydrogen) atoms. The summed E-state index contributed by atoms with van der Waals surface area (Å²) in [5.74, 6) is -0.951. The van der Waals surface area contributed by atoms with Crippen LogP contribution in [-0.4, -0.2) is 70.0 Å². The number of rotatable bonds is 39. The molecule has 0 aliphatic carbocycles. The summed E-state index contributed by atoms with van der Waals surface area (Å²) in [5, 5.41) is 0. The highest BCUT2D eigenvalue weighted by Gasteiger charge is 2.21. The molecule has 0 saturated heterocycles. The van der Waals surface area contributed by atoms with Gasteiger partial charge < -0.3 is 27.9 Å². The molecule has 0 aromatic carbocycles. The molecular weight excluding hydrogens is 774 g/mol. The van der Waals surface area contributed by atoms with Crippen LogP contribution in [0.5, 0.6) is 0 Å². The van der Waals surface area contributed by atoms with E-state index in [0.717, 1.165) is 77.0 Å². The van der Waals surface area contributed by atoms with Gasteiger partial charge in [0.2, 0.25) is 0 Å². The molecule has 0 aliphatic rings. The molecule has 0 aromatic rings. The maximum Gasteiger partial charge on any atom is 0.306 e. The number of esters is 2. The summed E-state index contributed by atoms with van der Waals surface area (Å²) in [6.07, 6.45) is 55.5. The van der Waals surface area contributed by atoms with Crippen molar-refractivity contribution >= 4 is 19.8 Å². The molecule has 0 N–H and O–H groups in total. The van der Waals surface area contributed by atoms with Crippen LogP contribution in [0, 0.1) is 0 Å². The van der Waals surface area contributed by atoms with Crippen molar-refractivity contribution in [3.8, 4) is 0 Å². The summed E-state index contributed by atoms with van der Waals surface area (Å²) in [6, 6.07) is 0. The zero-order chi connectivity index (χ0) is 44.3. The predicted octanol–water partition coefficient (Wildman–Crippen LogP) is 12.5. The quantitative estimate of drug-likeness (QED) is 0.0198. The fourth-order valence-electron chi connectivity index (χ4n) is 5.26. The Labute approximate surface area is 366 Å². The Morgan fingerprint density at radius 1 is 0.533 bits per heavy atom. The van der Waals surface area contributed by atoms with Crippen LogP contribution in [0.2, 0.25) is 0 Å². The molecule has 0 spiro atoms. The van der Waals surface area contributed by atoms with Crippen LogP contribution in [0.15, 0.2) is 109 Å². The Kier molecular flexibility index (Phi) is 38.8. The Hall–Kier alpha value is -3.33. The van der Waals surface area contributed by atoms with E-state index in [-0.39, 0.29) is 26.1 Å². The number of quaternary nitrogens is 1. The normalized spacial score (nSPS) is 14.6. The molecule has 0 heterocycles. The van der Waals surface area contributed by atoms with Crippen LogP contribution in [0.4, 0.5) is 0 Å². The zero-order valence-corrected chi connectivity index (χ0v) is 39.0. The SMILES string of the molecule is CC/C=C\C/C=C\C/C=C\C/C=C\C/C=C\CCCCCC(=O)O[C@H](COC(=O)CCC/C=C\C/C=C\C/C=C\C/C=C\CCCCC)COP(=O)([O-])OCC[N+](C)(C)C. The van der Waals surface area contributed by atoms with Gasteiger partial charge in [-0.3, -0.25) is 14.2 Å². The zero-order valence-electron chi connectivity index (χ0n) is 38.1. The third-order valence-corrected chi connectivity index (χ3v) is 9.74. The lowest BCUT2D eigenvalue weighted by Crippen LogP contribution is -2.37. The number of carbonyl (C=O) groups excluding carboxylic acids is 2. The number of nitrogens with zero attached hydrogens (tertiary/aromatic N) is 1. The number of likely N-dealkylation sites (N-methyl/N-ethyl adjacent to an activating group) is 1. The van der Waals surface area contributed by atoms with Crippen molar-refractivity contribution in [1.29, 1.82) is 0 Å². The second kappa shape index (κ2) is 41.0. The molecule has 0 saturated carbocycles. The lowest BCUT2D eigenvalue weighted by Gasteiger charge is -2.28. The molecule has 0 fully saturated rings. The summed E-state index contributed by atoms with van der Waals surface area (Å²) in [5.41, 5.74) is 0. The highest BCUT2D eigenvalue weighted by Crippen LogP contribution is 2.38. The van der Waals surface area contributed by atoms with Gasteiger partial charge in [0.25, 0.3) is 7.82 Å². The standard InChI is InChI=1S/C50H82NO8P/c1-6-8-10-12-14-16-18-20-22-24-25-27-29-31-33-35-37-39-41-43-50(53)59-48(47-58-60(54,55)57-45-44-51(3,4)5)46-56-49(52)42-40-38-36-34-32-30-28-26-23-21-19-17-15-13-11-9-7-2/h8,10,14-17,20-23,25,27-28,30-31,33-34,36,48H,6-7,9,11-13,18-19,24,26,29,32,35,37-47H2,1-5H3/b10-8-,16-14-,17-15-,22-20-,23-21-,27-25-,30-28-,33-31-,36-34-/t48-/m1/s1. The van der Waals surface area contributed by atoms with Crippen LogP contribution >= 0.6 is 7.82 Å². The minimum atomic E-state index is -4.66. The topological polar surface area (TPSA) is 111 Å². The van der Waals surface area contributed by atoms with Gasteiger partial charge in [-0.05, 0) is 96.3 Å². The molecule has 0 bridgehead atoms. The lowest BCUT2D eigenvalue weighted by molar-refractivity contribution is -0.870. The van der Waals surface area contributed by atoms with Crippen molar-refractivity contribution in [3.63, 3.8) is 0 Å². The van der Waals surface area contributed by atoms with Crippen LogP contribution < -0.4 is 4.89 Å². The first-order valence-electron chi connectivity index (χ1n) is 22.6. The van der Waals surface area contributed by atoms with Gasteiger partial charge in [-0.1, -0.05) is 142 Å². The minimum absolute atomic E-state index is 0.0528. The molecule has 0 radical (unpaired) electrons. The Bertz CT molecular complexity index is 1380. The maximum absolute atomic E-state index is 12.7. The van der Waals surface area contributed by atoms with Gasteiger partial charge in [-0.25, -0.2) is 0 Å². The fraction of sp³-hybridized carbons (Fsp3) is 0.600. The average Bonchev–Trinajstić information content (AvgIpc) is 3.20. The number of hydrogen-bond acceptors (Lipinski definition) is 8. The smallest absolute Gasteiger partial charge is 0.306 e. The van der Waals surface area contributed by atoms with E-state index in [1.807, 2.05) is 27.2 Å². The second-order valence-electron chi connectivity index (χ2n) is 15.7. The van der Waals surface area contributed by atoms with Gasteiger partial charge in [-0.15, -0.1) is 0 Å². The first-order valence-corrected chi connectivity index (χ1v) is 24.1. The number of allylic oxidation sites excluding steroid dienone is 18. The van der Waals surface area contributed by atoms with Crippen molar-refractivity contribution in [2.75, 3.05) is 47.5 Å². The maximum atomic E-state index is 12.7. The van der Waals surface area contributed by atoms with Crippen molar-refractivity contribution in [1.82, 2.24) is 0 Å². The number of ether oxygens (including phenoxy) is 2. The monoisotopic (exact) mass is 856 g/mol. The number of unbranched alkanes of at least 4 members (excludes halogenated alkanes) is 7. The van der Waals surface area contributed by atoms with Gasteiger partial charge in [0.05, 0.1) is 27.7 Å². The van der Waals surface area contributed by atoms with Gasteiger partial charge >= 0.3 is 11.9 Å². The van der Waals surface area contributed by atoms with Crippen molar-refractivity contribution in [3.05, 3.63) is 109 Å². The summed E-state index contributed by atoms with van der Waals surface area (Å²) in [7, 11) is 1.09. The summed E-state index contributed by atoms with van der Waals surface area (Å²) >= 11 is 0. The Morgan fingerprint density at radius 3 is 1.43 bits per heavy atom. The van der Waals surface area contributed by atoms with E-state index in [0.29, 0.717) is 23.9 Å². The minimum Gasteiger partial charge on any atom is -0.756 e. The molecule has 340 valence electrons. The third kappa shape index (κ3) is 44.2. The Morgan fingerprint density at radius 2 is 0.967 bits per heavy atom. The Balaban J connectivity index is 4.53. The average molecular weight is 856 g/mol. The first-order chi connectivity index (χ1) is 29.0. The molecule has 2 atom stereocenters. The van der Waals surface area contributed by atoms with E-state index in [1.165, 1.54) is 25.7 Å². The van der Waals surface area contributed by atoms with Gasteiger partial charge in [0, 0.05) is 12.8 Å². The van der Waals surface area contributed by atoms with Gasteiger partial charge in [-0.2, -0.15) is 0 Å².